The van der Waals surface area contributed by atoms with Gasteiger partial charge in [-0.15, -0.1) is 0 Å². The van der Waals surface area contributed by atoms with Gasteiger partial charge in [-0.05, 0) is 56.8 Å². The van der Waals surface area contributed by atoms with Crippen molar-refractivity contribution in [3.8, 4) is 0 Å². The van der Waals surface area contributed by atoms with E-state index in [2.05, 4.69) is 20.6 Å². The molecule has 0 aromatic carbocycles. The second kappa shape index (κ2) is 5.04. The highest BCUT2D eigenvalue weighted by molar-refractivity contribution is 5.74. The fraction of sp³-hybridized carbons (Fsp3) is 0.750. The molecule has 0 saturated heterocycles. The number of fused-ring (bicyclic) bond motifs is 1. The maximum Gasteiger partial charge on any atom is 0.315 e. The number of nitrogens with one attached hydrogen (secondary N) is 3. The highest BCUT2D eigenvalue weighted by atomic mass is 16.2. The summed E-state index contributed by atoms with van der Waals surface area (Å²) in [6.45, 7) is 0. The van der Waals surface area contributed by atoms with Crippen molar-refractivity contribution >= 4 is 6.03 Å². The minimum Gasteiger partial charge on any atom is -0.348 e. The molecule has 5 heteroatoms. The van der Waals surface area contributed by atoms with Crippen molar-refractivity contribution in [1.29, 1.82) is 0 Å². The smallest absolute Gasteiger partial charge is 0.315 e. The lowest BCUT2D eigenvalue weighted by Crippen LogP contribution is -2.48. The van der Waals surface area contributed by atoms with E-state index in [1.807, 2.05) is 0 Å². The maximum absolute atomic E-state index is 12.2. The number of imidazole rings is 1. The minimum atomic E-state index is 0.0136. The molecule has 3 aliphatic carbocycles. The van der Waals surface area contributed by atoms with Gasteiger partial charge in [-0.3, -0.25) is 0 Å². The first-order chi connectivity index (χ1) is 10.2. The van der Waals surface area contributed by atoms with Crippen LogP contribution in [0.25, 0.3) is 0 Å². The molecular weight excluding hydrogens is 264 g/mol. The molecule has 0 aliphatic heterocycles. The molecule has 4 rings (SSSR count). The molecule has 1 spiro atoms. The highest BCUT2D eigenvalue weighted by Gasteiger charge is 2.44. The zero-order chi connectivity index (χ0) is 14.3. The molecule has 21 heavy (non-hydrogen) atoms. The van der Waals surface area contributed by atoms with Crippen molar-refractivity contribution in [2.45, 2.75) is 69.9 Å². The Morgan fingerprint density at radius 2 is 1.90 bits per heavy atom. The van der Waals surface area contributed by atoms with E-state index in [-0.39, 0.29) is 12.1 Å². The number of carbonyl (C=O) groups is 1. The Kier molecular flexibility index (Phi) is 3.16. The normalized spacial score (nSPS) is 27.1. The lowest BCUT2D eigenvalue weighted by Gasteiger charge is -2.30. The van der Waals surface area contributed by atoms with Crippen LogP contribution in [0.4, 0.5) is 4.79 Å². The molecule has 0 radical (unpaired) electrons. The SMILES string of the molecule is O=C(NC1CCC2(CC1)CC2)NC1CCc2nc[nH]c2C1. The molecule has 2 saturated carbocycles. The van der Waals surface area contributed by atoms with Crippen LogP contribution in [0.3, 0.4) is 0 Å². The molecule has 2 amide bonds. The molecule has 2 fully saturated rings. The number of nitrogens with zero attached hydrogens (tertiary/aromatic N) is 1. The Balaban J connectivity index is 1.25. The van der Waals surface area contributed by atoms with E-state index in [9.17, 15) is 4.79 Å². The predicted molar refractivity (Wildman–Crippen MR) is 80.0 cm³/mol. The van der Waals surface area contributed by atoms with Gasteiger partial charge in [0.25, 0.3) is 0 Å². The van der Waals surface area contributed by atoms with Crippen LogP contribution < -0.4 is 10.6 Å². The summed E-state index contributed by atoms with van der Waals surface area (Å²) in [6.07, 6.45) is 12.3. The third kappa shape index (κ3) is 2.78. The molecule has 3 aliphatic rings. The summed E-state index contributed by atoms with van der Waals surface area (Å²) in [5, 5.41) is 6.31. The van der Waals surface area contributed by atoms with Gasteiger partial charge in [-0.2, -0.15) is 0 Å². The lowest BCUT2D eigenvalue weighted by molar-refractivity contribution is 0.219. The van der Waals surface area contributed by atoms with E-state index in [0.29, 0.717) is 11.5 Å². The summed E-state index contributed by atoms with van der Waals surface area (Å²) in [6, 6.07) is 0.624. The molecule has 1 unspecified atom stereocenters. The number of aromatic amines is 1. The van der Waals surface area contributed by atoms with Crippen molar-refractivity contribution < 1.29 is 4.79 Å². The van der Waals surface area contributed by atoms with Crippen molar-refractivity contribution in [2.75, 3.05) is 0 Å². The van der Waals surface area contributed by atoms with Gasteiger partial charge in [0.2, 0.25) is 0 Å². The Morgan fingerprint density at radius 3 is 2.67 bits per heavy atom. The summed E-state index contributed by atoms with van der Waals surface area (Å²) in [7, 11) is 0. The van der Waals surface area contributed by atoms with Crippen LogP contribution in [-0.4, -0.2) is 28.1 Å². The molecule has 114 valence electrons. The molecular formula is C16H24N4O. The van der Waals surface area contributed by atoms with Crippen molar-refractivity contribution in [3.63, 3.8) is 0 Å². The number of urea groups is 1. The number of amides is 2. The Labute approximate surface area is 125 Å². The summed E-state index contributed by atoms with van der Waals surface area (Å²) < 4.78 is 0. The van der Waals surface area contributed by atoms with Crippen LogP contribution in [0.2, 0.25) is 0 Å². The Bertz CT molecular complexity index is 524. The standard InChI is InChI=1S/C16H24N4O/c21-15(19-11-3-5-16(6-4-11)7-8-16)20-12-1-2-13-14(9-12)18-10-17-13/h10-12H,1-9H2,(H,17,18)(H2,19,20,21). The topological polar surface area (TPSA) is 69.8 Å². The monoisotopic (exact) mass is 288 g/mol. The number of hydrogen-bond donors (Lipinski definition) is 3. The first kappa shape index (κ1) is 13.2. The summed E-state index contributed by atoms with van der Waals surface area (Å²) in [5.41, 5.74) is 3.03. The van der Waals surface area contributed by atoms with Gasteiger partial charge in [-0.25, -0.2) is 9.78 Å². The fourth-order valence-corrected chi connectivity index (χ4v) is 3.99. The van der Waals surface area contributed by atoms with Crippen molar-refractivity contribution in [2.24, 2.45) is 5.41 Å². The van der Waals surface area contributed by atoms with Crippen molar-refractivity contribution in [3.05, 3.63) is 17.7 Å². The van der Waals surface area contributed by atoms with Crippen LogP contribution in [0.15, 0.2) is 6.33 Å². The zero-order valence-electron chi connectivity index (χ0n) is 12.5. The second-order valence-corrected chi connectivity index (χ2v) is 7.16. The van der Waals surface area contributed by atoms with Crippen LogP contribution in [0, 0.1) is 5.41 Å². The van der Waals surface area contributed by atoms with E-state index in [1.54, 1.807) is 6.33 Å². The van der Waals surface area contributed by atoms with Gasteiger partial charge in [-0.1, -0.05) is 0 Å². The van der Waals surface area contributed by atoms with Gasteiger partial charge in [0.05, 0.1) is 12.0 Å². The molecule has 3 N–H and O–H groups in total. The molecule has 5 nitrogen and oxygen atoms in total. The summed E-state index contributed by atoms with van der Waals surface area (Å²) in [4.78, 5) is 19.6. The third-order valence-electron chi connectivity index (χ3n) is 5.66. The first-order valence-corrected chi connectivity index (χ1v) is 8.31. The molecule has 1 aromatic rings. The molecule has 0 bridgehead atoms. The quantitative estimate of drug-likeness (QED) is 0.781. The number of aromatic nitrogens is 2. The molecule has 1 atom stereocenters. The minimum absolute atomic E-state index is 0.0136. The summed E-state index contributed by atoms with van der Waals surface area (Å²) in [5.74, 6) is 0. The van der Waals surface area contributed by atoms with E-state index in [4.69, 9.17) is 0 Å². The van der Waals surface area contributed by atoms with Crippen LogP contribution >= 0.6 is 0 Å². The van der Waals surface area contributed by atoms with Crippen molar-refractivity contribution in [1.82, 2.24) is 20.6 Å². The van der Waals surface area contributed by atoms with Gasteiger partial charge < -0.3 is 15.6 Å². The largest absolute Gasteiger partial charge is 0.348 e. The number of rotatable bonds is 2. The van der Waals surface area contributed by atoms with Crippen LogP contribution in [0.5, 0.6) is 0 Å². The van der Waals surface area contributed by atoms with Crippen LogP contribution in [-0.2, 0) is 12.8 Å². The van der Waals surface area contributed by atoms with E-state index in [0.717, 1.165) is 37.8 Å². The zero-order valence-corrected chi connectivity index (χ0v) is 12.5. The molecule has 1 aromatic heterocycles. The maximum atomic E-state index is 12.2. The number of H-pyrrole nitrogens is 1. The van der Waals surface area contributed by atoms with Gasteiger partial charge in [0.1, 0.15) is 0 Å². The summed E-state index contributed by atoms with van der Waals surface area (Å²) >= 11 is 0. The molecule has 1 heterocycles. The predicted octanol–water partition coefficient (Wildman–Crippen LogP) is 2.29. The first-order valence-electron chi connectivity index (χ1n) is 8.31. The van der Waals surface area contributed by atoms with Gasteiger partial charge >= 0.3 is 6.03 Å². The lowest BCUT2D eigenvalue weighted by atomic mass is 9.83. The Morgan fingerprint density at radius 1 is 1.14 bits per heavy atom. The average molecular weight is 288 g/mol. The van der Waals surface area contributed by atoms with Gasteiger partial charge in [0.15, 0.2) is 0 Å². The third-order valence-corrected chi connectivity index (χ3v) is 5.66. The number of hydrogen-bond acceptors (Lipinski definition) is 2. The fourth-order valence-electron chi connectivity index (χ4n) is 3.99. The Hall–Kier alpha value is -1.52. The van der Waals surface area contributed by atoms with Crippen LogP contribution in [0.1, 0.15) is 56.3 Å². The highest BCUT2D eigenvalue weighted by Crippen LogP contribution is 2.56. The van der Waals surface area contributed by atoms with Gasteiger partial charge in [0, 0.05) is 24.2 Å². The van der Waals surface area contributed by atoms with E-state index in [1.165, 1.54) is 31.4 Å². The number of aryl methyl sites for hydroxylation is 1. The second-order valence-electron chi connectivity index (χ2n) is 7.16. The average Bonchev–Trinajstić information content (AvgIpc) is 3.07. The van der Waals surface area contributed by atoms with E-state index < -0.39 is 0 Å². The number of carbonyl (C=O) groups excluding carboxylic acids is 1. The van der Waals surface area contributed by atoms with E-state index >= 15 is 0 Å².